The zero-order valence-corrected chi connectivity index (χ0v) is 7.77. The van der Waals surface area contributed by atoms with Gasteiger partial charge in [0.1, 0.15) is 5.75 Å². The van der Waals surface area contributed by atoms with Crippen LogP contribution in [0.15, 0.2) is 18.2 Å². The molecule has 13 heavy (non-hydrogen) atoms. The molecule has 1 aliphatic heterocycles. The fraction of sp³-hybridized carbons (Fsp3) is 0.111. The summed E-state index contributed by atoms with van der Waals surface area (Å²) < 4.78 is 5.02. The molecular formula is C9H7NO2S. The Balaban J connectivity index is 2.52. The van der Waals surface area contributed by atoms with Gasteiger partial charge in [0.2, 0.25) is 5.78 Å². The number of ether oxygens (including phenoxy) is 1. The van der Waals surface area contributed by atoms with Crippen molar-refractivity contribution >= 4 is 28.7 Å². The monoisotopic (exact) mass is 193 g/mol. The fourth-order valence-electron chi connectivity index (χ4n) is 1.25. The number of thiocarbonyl (C=S) groups is 1. The minimum atomic E-state index is -0.118. The third-order valence-electron chi connectivity index (χ3n) is 1.93. The Bertz CT molecular complexity index is 401. The number of Topliss-reactive ketones (excluding diaryl/α,β-unsaturated/α-hetero) is 1. The van der Waals surface area contributed by atoms with Crippen LogP contribution in [0.2, 0.25) is 0 Å². The Morgan fingerprint density at radius 3 is 2.92 bits per heavy atom. The molecular weight excluding hydrogens is 186 g/mol. The lowest BCUT2D eigenvalue weighted by molar-refractivity contribution is 0.107. The second-order valence-electron chi connectivity index (χ2n) is 2.69. The summed E-state index contributed by atoms with van der Waals surface area (Å²) in [6.07, 6.45) is 0. The van der Waals surface area contributed by atoms with Gasteiger partial charge in [-0.05, 0) is 12.1 Å². The number of anilines is 1. The number of nitrogens with one attached hydrogen (secondary N) is 1. The second-order valence-corrected chi connectivity index (χ2v) is 3.10. The van der Waals surface area contributed by atoms with Crippen molar-refractivity contribution in [1.82, 2.24) is 0 Å². The third kappa shape index (κ3) is 1.19. The van der Waals surface area contributed by atoms with Crippen molar-refractivity contribution < 1.29 is 9.53 Å². The van der Waals surface area contributed by atoms with E-state index >= 15 is 0 Å². The molecule has 1 heterocycles. The average molecular weight is 193 g/mol. The van der Waals surface area contributed by atoms with Crippen LogP contribution in [-0.2, 0) is 0 Å². The minimum Gasteiger partial charge on any atom is -0.497 e. The first-order chi connectivity index (χ1) is 6.22. The molecule has 4 heteroatoms. The van der Waals surface area contributed by atoms with Gasteiger partial charge < -0.3 is 10.1 Å². The predicted octanol–water partition coefficient (Wildman–Crippen LogP) is 1.63. The lowest BCUT2D eigenvalue weighted by atomic mass is 10.1. The van der Waals surface area contributed by atoms with Crippen molar-refractivity contribution in [1.29, 1.82) is 0 Å². The van der Waals surface area contributed by atoms with E-state index in [4.69, 9.17) is 17.0 Å². The molecule has 0 radical (unpaired) electrons. The molecule has 0 unspecified atom stereocenters. The van der Waals surface area contributed by atoms with Gasteiger partial charge in [0, 0.05) is 11.6 Å². The highest BCUT2D eigenvalue weighted by molar-refractivity contribution is 7.82. The van der Waals surface area contributed by atoms with Gasteiger partial charge in [0.25, 0.3) is 0 Å². The number of hydrogen-bond acceptors (Lipinski definition) is 3. The van der Waals surface area contributed by atoms with Crippen LogP contribution in [0.25, 0.3) is 0 Å². The number of hydrogen-bond donors (Lipinski definition) is 1. The van der Waals surface area contributed by atoms with E-state index in [0.29, 0.717) is 11.3 Å². The Hall–Kier alpha value is -1.42. The maximum absolute atomic E-state index is 11.4. The maximum Gasteiger partial charge on any atom is 0.222 e. The van der Waals surface area contributed by atoms with E-state index in [2.05, 4.69) is 5.32 Å². The lowest BCUT2D eigenvalue weighted by Crippen LogP contribution is -2.09. The summed E-state index contributed by atoms with van der Waals surface area (Å²) in [7, 11) is 1.58. The van der Waals surface area contributed by atoms with E-state index in [0.717, 1.165) is 5.69 Å². The first kappa shape index (κ1) is 8.19. The molecule has 0 spiro atoms. The molecule has 0 saturated carbocycles. The first-order valence-electron chi connectivity index (χ1n) is 3.76. The summed E-state index contributed by atoms with van der Waals surface area (Å²) in [6.45, 7) is 0. The van der Waals surface area contributed by atoms with Crippen molar-refractivity contribution in [3.8, 4) is 5.75 Å². The fourth-order valence-corrected chi connectivity index (χ4v) is 1.47. The maximum atomic E-state index is 11.4. The summed E-state index contributed by atoms with van der Waals surface area (Å²) in [4.78, 5) is 11.6. The van der Waals surface area contributed by atoms with Gasteiger partial charge in [-0.2, -0.15) is 0 Å². The van der Waals surface area contributed by atoms with Crippen LogP contribution in [0.4, 0.5) is 5.69 Å². The van der Waals surface area contributed by atoms with Crippen LogP contribution in [0.1, 0.15) is 10.4 Å². The third-order valence-corrected chi connectivity index (χ3v) is 2.21. The number of methoxy groups -OCH3 is 1. The van der Waals surface area contributed by atoms with Crippen molar-refractivity contribution in [3.63, 3.8) is 0 Å². The highest BCUT2D eigenvalue weighted by Gasteiger charge is 2.24. The highest BCUT2D eigenvalue weighted by Crippen LogP contribution is 2.27. The van der Waals surface area contributed by atoms with Gasteiger partial charge in [-0.1, -0.05) is 12.2 Å². The predicted molar refractivity (Wildman–Crippen MR) is 53.5 cm³/mol. The van der Waals surface area contributed by atoms with Crippen LogP contribution in [0.3, 0.4) is 0 Å². The van der Waals surface area contributed by atoms with Crippen molar-refractivity contribution in [2.75, 3.05) is 12.4 Å². The zero-order valence-electron chi connectivity index (χ0n) is 6.96. The first-order valence-corrected chi connectivity index (χ1v) is 4.17. The van der Waals surface area contributed by atoms with Crippen LogP contribution >= 0.6 is 12.2 Å². The van der Waals surface area contributed by atoms with E-state index < -0.39 is 0 Å². The van der Waals surface area contributed by atoms with Crippen LogP contribution in [-0.4, -0.2) is 17.9 Å². The summed E-state index contributed by atoms with van der Waals surface area (Å²) >= 11 is 4.82. The normalized spacial score (nSPS) is 13.9. The lowest BCUT2D eigenvalue weighted by Gasteiger charge is -2.01. The molecule has 0 atom stereocenters. The molecule has 0 aliphatic carbocycles. The quantitative estimate of drug-likeness (QED) is 0.688. The topological polar surface area (TPSA) is 38.3 Å². The summed E-state index contributed by atoms with van der Waals surface area (Å²) in [6, 6.07) is 5.21. The van der Waals surface area contributed by atoms with E-state index in [1.54, 1.807) is 25.3 Å². The Morgan fingerprint density at radius 2 is 2.23 bits per heavy atom. The molecule has 1 N–H and O–H groups in total. The molecule has 1 aliphatic rings. The van der Waals surface area contributed by atoms with Crippen LogP contribution < -0.4 is 10.1 Å². The zero-order chi connectivity index (χ0) is 9.42. The standard InChI is InChI=1S/C9H7NO2S/c1-12-5-2-3-6-7(4-5)10-9(13)8(6)11/h2-4H,1H3,(H,10,11,13). The molecule has 0 amide bonds. The molecule has 3 nitrogen and oxygen atoms in total. The van der Waals surface area contributed by atoms with Crippen LogP contribution in [0.5, 0.6) is 5.75 Å². The van der Waals surface area contributed by atoms with E-state index in [1.165, 1.54) is 0 Å². The molecule has 0 saturated heterocycles. The minimum absolute atomic E-state index is 0.118. The summed E-state index contributed by atoms with van der Waals surface area (Å²) in [5.41, 5.74) is 1.35. The highest BCUT2D eigenvalue weighted by atomic mass is 32.1. The van der Waals surface area contributed by atoms with E-state index in [-0.39, 0.29) is 10.8 Å². The van der Waals surface area contributed by atoms with Gasteiger partial charge in [-0.15, -0.1) is 0 Å². The SMILES string of the molecule is COc1ccc2c(c1)NC(=S)C2=O. The Kier molecular flexibility index (Phi) is 1.77. The van der Waals surface area contributed by atoms with Crippen molar-refractivity contribution in [2.24, 2.45) is 0 Å². The molecule has 1 aromatic carbocycles. The smallest absolute Gasteiger partial charge is 0.222 e. The van der Waals surface area contributed by atoms with Gasteiger partial charge in [0.05, 0.1) is 12.8 Å². The largest absolute Gasteiger partial charge is 0.497 e. The molecule has 2 rings (SSSR count). The summed E-state index contributed by atoms with van der Waals surface area (Å²) in [5.74, 6) is 0.594. The number of rotatable bonds is 1. The molecule has 1 aromatic rings. The van der Waals surface area contributed by atoms with Gasteiger partial charge in [0.15, 0.2) is 4.99 Å². The van der Waals surface area contributed by atoms with Gasteiger partial charge in [-0.3, -0.25) is 4.79 Å². The number of carbonyl (C=O) groups excluding carboxylic acids is 1. The molecule has 0 aromatic heterocycles. The second kappa shape index (κ2) is 2.81. The average Bonchev–Trinajstić information content (AvgIpc) is 2.42. The van der Waals surface area contributed by atoms with Crippen molar-refractivity contribution in [2.45, 2.75) is 0 Å². The van der Waals surface area contributed by atoms with E-state index in [1.807, 2.05) is 0 Å². The Morgan fingerprint density at radius 1 is 1.46 bits per heavy atom. The van der Waals surface area contributed by atoms with E-state index in [9.17, 15) is 4.79 Å². The summed E-state index contributed by atoms with van der Waals surface area (Å²) in [5, 5.41) is 2.82. The number of ketones is 1. The molecule has 66 valence electrons. The van der Waals surface area contributed by atoms with Gasteiger partial charge >= 0.3 is 0 Å². The number of benzene rings is 1. The number of carbonyl (C=O) groups is 1. The number of fused-ring (bicyclic) bond motifs is 1. The van der Waals surface area contributed by atoms with Crippen LogP contribution in [0, 0.1) is 0 Å². The molecule has 0 bridgehead atoms. The van der Waals surface area contributed by atoms with Gasteiger partial charge in [-0.25, -0.2) is 0 Å². The molecule has 0 fully saturated rings. The Labute approximate surface area is 80.7 Å². The van der Waals surface area contributed by atoms with Crippen molar-refractivity contribution in [3.05, 3.63) is 23.8 Å².